The maximum atomic E-state index is 10.9. The van der Waals surface area contributed by atoms with Crippen LogP contribution in [0.15, 0.2) is 24.4 Å². The molecule has 0 bridgehead atoms. The summed E-state index contributed by atoms with van der Waals surface area (Å²) >= 11 is 5.61. The van der Waals surface area contributed by atoms with Crippen molar-refractivity contribution in [1.29, 1.82) is 5.26 Å². The quantitative estimate of drug-likeness (QED) is 0.489. The van der Waals surface area contributed by atoms with Crippen LogP contribution >= 0.6 is 11.6 Å². The third-order valence-electron chi connectivity index (χ3n) is 2.43. The fourth-order valence-electron chi connectivity index (χ4n) is 1.42. The molecule has 0 aliphatic carbocycles. The average molecular weight is 291 g/mol. The summed E-state index contributed by atoms with van der Waals surface area (Å²) in [5.41, 5.74) is 0.664. The zero-order chi connectivity index (χ0) is 14.7. The minimum absolute atomic E-state index is 0.167. The number of halogens is 1. The van der Waals surface area contributed by atoms with E-state index in [1.165, 1.54) is 6.07 Å². The standard InChI is InChI=1S/C12H7ClN4O3/c1-7-2-3-8(5-14)4-10(7)20-11-9(17(18)19)6-15-12(13)16-11/h2-4,6H,1H3. The summed E-state index contributed by atoms with van der Waals surface area (Å²) in [4.78, 5) is 17.4. The highest BCUT2D eigenvalue weighted by molar-refractivity contribution is 6.28. The Labute approximate surface area is 118 Å². The summed E-state index contributed by atoms with van der Waals surface area (Å²) < 4.78 is 5.40. The maximum Gasteiger partial charge on any atom is 0.349 e. The molecular formula is C12H7ClN4O3. The molecule has 100 valence electrons. The highest BCUT2D eigenvalue weighted by Gasteiger charge is 2.20. The zero-order valence-corrected chi connectivity index (χ0v) is 11.0. The SMILES string of the molecule is Cc1ccc(C#N)cc1Oc1nc(Cl)ncc1[N+](=O)[O-]. The second-order valence-corrected chi connectivity index (χ2v) is 4.12. The van der Waals surface area contributed by atoms with Crippen molar-refractivity contribution in [3.8, 4) is 17.7 Å². The number of rotatable bonds is 3. The largest absolute Gasteiger partial charge is 0.433 e. The molecule has 0 aliphatic heterocycles. The van der Waals surface area contributed by atoms with Crippen molar-refractivity contribution in [2.75, 3.05) is 0 Å². The Morgan fingerprint density at radius 2 is 2.25 bits per heavy atom. The molecule has 0 fully saturated rings. The van der Waals surface area contributed by atoms with E-state index in [4.69, 9.17) is 21.6 Å². The molecule has 0 amide bonds. The number of hydrogen-bond donors (Lipinski definition) is 0. The van der Waals surface area contributed by atoms with Gasteiger partial charge in [0.05, 0.1) is 16.6 Å². The van der Waals surface area contributed by atoms with E-state index in [2.05, 4.69) is 9.97 Å². The van der Waals surface area contributed by atoms with Crippen LogP contribution in [0.5, 0.6) is 11.6 Å². The Morgan fingerprint density at radius 1 is 1.50 bits per heavy atom. The molecule has 7 nitrogen and oxygen atoms in total. The van der Waals surface area contributed by atoms with Gasteiger partial charge in [-0.2, -0.15) is 10.2 Å². The Balaban J connectivity index is 2.47. The average Bonchev–Trinajstić information content (AvgIpc) is 2.41. The van der Waals surface area contributed by atoms with Crippen LogP contribution in [-0.2, 0) is 0 Å². The Hall–Kier alpha value is -2.72. The van der Waals surface area contributed by atoms with Gasteiger partial charge in [0.25, 0.3) is 0 Å². The fourth-order valence-corrected chi connectivity index (χ4v) is 1.55. The first-order valence-electron chi connectivity index (χ1n) is 5.37. The van der Waals surface area contributed by atoms with E-state index >= 15 is 0 Å². The molecule has 0 atom stereocenters. The molecule has 0 unspecified atom stereocenters. The van der Waals surface area contributed by atoms with Crippen molar-refractivity contribution in [3.05, 3.63) is 50.9 Å². The molecule has 1 aromatic carbocycles. The molecule has 0 aliphatic rings. The van der Waals surface area contributed by atoms with Gasteiger partial charge in [0.15, 0.2) is 0 Å². The summed E-state index contributed by atoms with van der Waals surface area (Å²) in [5, 5.41) is 19.6. The minimum atomic E-state index is -0.671. The van der Waals surface area contributed by atoms with Crippen LogP contribution in [0.3, 0.4) is 0 Å². The number of hydrogen-bond acceptors (Lipinski definition) is 6. The molecule has 8 heteroatoms. The van der Waals surface area contributed by atoms with Crippen molar-refractivity contribution in [2.24, 2.45) is 0 Å². The van der Waals surface area contributed by atoms with Crippen LogP contribution in [0, 0.1) is 28.4 Å². The van der Waals surface area contributed by atoms with Gasteiger partial charge in [0.2, 0.25) is 5.28 Å². The number of nitriles is 1. The first-order valence-corrected chi connectivity index (χ1v) is 5.74. The normalized spacial score (nSPS) is 9.85. The van der Waals surface area contributed by atoms with Gasteiger partial charge in [-0.3, -0.25) is 10.1 Å². The van der Waals surface area contributed by atoms with E-state index in [9.17, 15) is 10.1 Å². The van der Waals surface area contributed by atoms with Gasteiger partial charge in [0.1, 0.15) is 11.9 Å². The van der Waals surface area contributed by atoms with Gasteiger partial charge in [-0.25, -0.2) is 4.98 Å². The Kier molecular flexibility index (Phi) is 3.77. The summed E-state index contributed by atoms with van der Waals surface area (Å²) in [6, 6.07) is 6.71. The van der Waals surface area contributed by atoms with E-state index in [1.807, 2.05) is 6.07 Å². The lowest BCUT2D eigenvalue weighted by atomic mass is 10.1. The van der Waals surface area contributed by atoms with Gasteiger partial charge in [0, 0.05) is 0 Å². The monoisotopic (exact) mass is 290 g/mol. The van der Waals surface area contributed by atoms with E-state index in [0.29, 0.717) is 16.9 Å². The van der Waals surface area contributed by atoms with E-state index in [1.54, 1.807) is 19.1 Å². The summed E-state index contributed by atoms with van der Waals surface area (Å²) in [7, 11) is 0. The second-order valence-electron chi connectivity index (χ2n) is 3.78. The van der Waals surface area contributed by atoms with E-state index in [-0.39, 0.29) is 11.2 Å². The highest BCUT2D eigenvalue weighted by Crippen LogP contribution is 2.31. The van der Waals surface area contributed by atoms with Crippen molar-refractivity contribution >= 4 is 17.3 Å². The number of aryl methyl sites for hydroxylation is 1. The molecule has 0 spiro atoms. The topological polar surface area (TPSA) is 102 Å². The van der Waals surface area contributed by atoms with Crippen LogP contribution < -0.4 is 4.74 Å². The van der Waals surface area contributed by atoms with Crippen LogP contribution in [-0.4, -0.2) is 14.9 Å². The lowest BCUT2D eigenvalue weighted by Crippen LogP contribution is -1.99. The van der Waals surface area contributed by atoms with Gasteiger partial charge in [-0.15, -0.1) is 0 Å². The maximum absolute atomic E-state index is 10.9. The molecule has 20 heavy (non-hydrogen) atoms. The van der Waals surface area contributed by atoms with Gasteiger partial charge >= 0.3 is 11.6 Å². The molecule has 1 heterocycles. The zero-order valence-electron chi connectivity index (χ0n) is 10.2. The van der Waals surface area contributed by atoms with Crippen LogP contribution in [0.1, 0.15) is 11.1 Å². The first-order chi connectivity index (χ1) is 9.51. The smallest absolute Gasteiger partial charge is 0.349 e. The molecular weight excluding hydrogens is 284 g/mol. The predicted molar refractivity (Wildman–Crippen MR) is 69.7 cm³/mol. The number of nitro groups is 1. The molecule has 0 saturated heterocycles. The summed E-state index contributed by atoms with van der Waals surface area (Å²) in [5.74, 6) is 0.0232. The van der Waals surface area contributed by atoms with Crippen LogP contribution in [0.2, 0.25) is 5.28 Å². The third kappa shape index (κ3) is 2.81. The van der Waals surface area contributed by atoms with Gasteiger partial charge < -0.3 is 4.74 Å². The van der Waals surface area contributed by atoms with Crippen LogP contribution in [0.4, 0.5) is 5.69 Å². The summed E-state index contributed by atoms with van der Waals surface area (Å²) in [6.07, 6.45) is 0.966. The van der Waals surface area contributed by atoms with Gasteiger partial charge in [-0.05, 0) is 36.2 Å². The lowest BCUT2D eigenvalue weighted by molar-refractivity contribution is -0.386. The highest BCUT2D eigenvalue weighted by atomic mass is 35.5. The summed E-state index contributed by atoms with van der Waals surface area (Å²) in [6.45, 7) is 1.74. The van der Waals surface area contributed by atoms with Gasteiger partial charge in [-0.1, -0.05) is 6.07 Å². The van der Waals surface area contributed by atoms with E-state index < -0.39 is 10.6 Å². The number of aromatic nitrogens is 2. The Bertz CT molecular complexity index is 727. The number of ether oxygens (including phenoxy) is 1. The lowest BCUT2D eigenvalue weighted by Gasteiger charge is -2.08. The van der Waals surface area contributed by atoms with Crippen molar-refractivity contribution < 1.29 is 9.66 Å². The number of benzene rings is 1. The fraction of sp³-hybridized carbons (Fsp3) is 0.0833. The third-order valence-corrected chi connectivity index (χ3v) is 2.61. The predicted octanol–water partition coefficient (Wildman–Crippen LogP) is 3.01. The first kappa shape index (κ1) is 13.7. The molecule has 2 aromatic rings. The van der Waals surface area contributed by atoms with E-state index in [0.717, 1.165) is 6.20 Å². The van der Waals surface area contributed by atoms with Crippen LogP contribution in [0.25, 0.3) is 0 Å². The number of nitrogens with zero attached hydrogens (tertiary/aromatic N) is 4. The second kappa shape index (κ2) is 5.50. The van der Waals surface area contributed by atoms with Crippen molar-refractivity contribution in [1.82, 2.24) is 9.97 Å². The van der Waals surface area contributed by atoms with Crippen molar-refractivity contribution in [2.45, 2.75) is 6.92 Å². The van der Waals surface area contributed by atoms with Crippen molar-refractivity contribution in [3.63, 3.8) is 0 Å². The molecule has 0 radical (unpaired) electrons. The molecule has 1 aromatic heterocycles. The molecule has 2 rings (SSSR count). The minimum Gasteiger partial charge on any atom is -0.433 e. The molecule has 0 N–H and O–H groups in total. The molecule has 0 saturated carbocycles. The Morgan fingerprint density at radius 3 is 2.90 bits per heavy atom.